The van der Waals surface area contributed by atoms with E-state index in [0.717, 1.165) is 0 Å². The molecule has 0 saturated carbocycles. The van der Waals surface area contributed by atoms with Gasteiger partial charge in [-0.15, -0.1) is 0 Å². The summed E-state index contributed by atoms with van der Waals surface area (Å²) in [6.45, 7) is 11.0. The molecule has 34 heteroatoms. The van der Waals surface area contributed by atoms with Gasteiger partial charge in [0, 0.05) is 99.8 Å². The molecule has 0 aliphatic carbocycles. The minimum Gasteiger partial charge on any atom is -0.748 e. The lowest BCUT2D eigenvalue weighted by atomic mass is 10.0. The van der Waals surface area contributed by atoms with Gasteiger partial charge >= 0.3 is 5.97 Å². The molecule has 0 saturated heterocycles. The monoisotopic (exact) mass is 1560 g/mol. The normalized spacial score (nSPS) is 12.1. The first-order valence-electron chi connectivity index (χ1n) is 36.2. The molecule has 1 amide bonds. The summed E-state index contributed by atoms with van der Waals surface area (Å²) in [6, 6.07) is 13.4. The summed E-state index contributed by atoms with van der Waals surface area (Å²) in [6.07, 6.45) is -4.36. The second-order valence-corrected chi connectivity index (χ2v) is 26.0. The van der Waals surface area contributed by atoms with Gasteiger partial charge in [0.1, 0.15) is 53.9 Å². The number of aryl methyl sites for hydroxylation is 3. The number of esters is 1. The molecule has 0 aliphatic heterocycles. The average Bonchev–Trinajstić information content (AvgIpc) is 0.739. The fraction of sp³-hybridized carbons (Fsp3) is 0.716. The van der Waals surface area contributed by atoms with E-state index in [1.165, 1.54) is 0 Å². The molecule has 0 atom stereocenters. The second-order valence-electron chi connectivity index (χ2n) is 24.4. The molecule has 33 nitrogen and oxygen atoms in total. The SMILES string of the molecule is COCCOCC(COCCOC)OCC(COC(COCCOC)COCCOC)Oc1ccc2c(c1)c(C(=O)Oc1c(C)cc(C(=O)NCCOCCOCCN)cc1C)c1cc(OC(COC(COCCOC)COCCOC)COC(COCCOC)COCCOC)ccc1[n+]2CCCS(=O)(=O)[O-]. The number of benzene rings is 3. The number of nitrogens with two attached hydrogens (primary N) is 1. The van der Waals surface area contributed by atoms with Crippen LogP contribution in [0.5, 0.6) is 17.2 Å². The first-order valence-corrected chi connectivity index (χ1v) is 37.8. The molecule has 1 heterocycles. The lowest BCUT2D eigenvalue weighted by Gasteiger charge is -2.26. The number of nitrogens with one attached hydrogen (secondary N) is 1. The number of amides is 1. The average molecular weight is 1560 g/mol. The molecular weight excluding hydrogens is 1440 g/mol. The summed E-state index contributed by atoms with van der Waals surface area (Å²) in [4.78, 5) is 29.6. The molecule has 0 aliphatic rings. The van der Waals surface area contributed by atoms with E-state index in [1.54, 1.807) is 119 Å². The van der Waals surface area contributed by atoms with Gasteiger partial charge in [-0.2, -0.15) is 4.57 Å². The quantitative estimate of drug-likeness (QED) is 0.0160. The van der Waals surface area contributed by atoms with Crippen LogP contribution in [0.4, 0.5) is 0 Å². The van der Waals surface area contributed by atoms with Crippen molar-refractivity contribution in [2.24, 2.45) is 5.73 Å². The van der Waals surface area contributed by atoms with Crippen molar-refractivity contribution in [1.29, 1.82) is 0 Å². The van der Waals surface area contributed by atoms with E-state index in [0.29, 0.717) is 107 Å². The molecule has 0 radical (unpaired) electrons. The molecular formula is C74H121N3O30S. The highest BCUT2D eigenvalue weighted by atomic mass is 32.2. The maximum Gasteiger partial charge on any atom is 0.345 e. The van der Waals surface area contributed by atoms with Gasteiger partial charge < -0.3 is 134 Å². The van der Waals surface area contributed by atoms with Crippen LogP contribution in [0.25, 0.3) is 21.8 Å². The van der Waals surface area contributed by atoms with Gasteiger partial charge in [-0.25, -0.2) is 13.2 Å². The van der Waals surface area contributed by atoms with Gasteiger partial charge in [0.25, 0.3) is 5.91 Å². The summed E-state index contributed by atoms with van der Waals surface area (Å²) in [5.74, 6) is -1.32. The van der Waals surface area contributed by atoms with Crippen molar-refractivity contribution in [3.8, 4) is 17.2 Å². The fourth-order valence-electron chi connectivity index (χ4n) is 10.3. The molecule has 3 N–H and O–H groups in total. The van der Waals surface area contributed by atoms with Gasteiger partial charge in [0.05, 0.1) is 238 Å². The Morgan fingerprint density at radius 1 is 0.426 bits per heavy atom. The fourth-order valence-corrected chi connectivity index (χ4v) is 10.8. The minimum absolute atomic E-state index is 0.0108. The number of hydrogen-bond acceptors (Lipinski definition) is 31. The number of carbonyl (C=O) groups is 2. The van der Waals surface area contributed by atoms with Crippen LogP contribution in [-0.2, 0) is 121 Å². The van der Waals surface area contributed by atoms with Crippen LogP contribution in [0.1, 0.15) is 38.3 Å². The van der Waals surface area contributed by atoms with Crippen LogP contribution in [-0.4, -0.2) is 349 Å². The molecule has 1 aromatic heterocycles. The number of pyridine rings is 1. The molecule has 108 heavy (non-hydrogen) atoms. The number of rotatable bonds is 71. The smallest absolute Gasteiger partial charge is 0.345 e. The Morgan fingerprint density at radius 2 is 0.750 bits per heavy atom. The van der Waals surface area contributed by atoms with Gasteiger partial charge in [-0.1, -0.05) is 0 Å². The van der Waals surface area contributed by atoms with Crippen LogP contribution >= 0.6 is 0 Å². The molecule has 0 bridgehead atoms. The van der Waals surface area contributed by atoms with Gasteiger partial charge in [-0.05, 0) is 61.4 Å². The number of hydrogen-bond donors (Lipinski definition) is 2. The Labute approximate surface area is 636 Å². The van der Waals surface area contributed by atoms with E-state index >= 15 is 4.79 Å². The number of methoxy groups -OCH3 is 8. The molecule has 0 spiro atoms. The lowest BCUT2D eigenvalue weighted by molar-refractivity contribution is -0.645. The number of aromatic nitrogens is 1. The zero-order valence-electron chi connectivity index (χ0n) is 64.9. The first kappa shape index (κ1) is 95.2. The third-order valence-electron chi connectivity index (χ3n) is 15.7. The van der Waals surface area contributed by atoms with Gasteiger partial charge in [0.2, 0.25) is 11.0 Å². The van der Waals surface area contributed by atoms with Crippen molar-refractivity contribution in [2.45, 2.75) is 63.4 Å². The van der Waals surface area contributed by atoms with Crippen LogP contribution < -0.4 is 29.8 Å². The summed E-state index contributed by atoms with van der Waals surface area (Å²) >= 11 is 0. The molecule has 0 unspecified atom stereocenters. The standard InChI is InChI=1S/C74H121N3O30S/c1-56-40-58(73(78)76-17-20-92-38-37-91-19-16-75)41-57(2)72(56)107-74(79)71-67-42-59(105-65(52-101-61(44-93-29-21-83-3)45-94-30-22-84-4)53-102-62(46-95-31-23-85-5)47-96-32-24-86-6)12-14-69(67)77(18-11-39-108(80,81)82)70-15-13-60(43-68(70)71)106-66(54-103-63(48-97-33-25-87-7)49-98-34-26-88-8)55-104-64(50-99-35-27-89-9)51-100-36-28-90-10/h12-15,40-43,61-66H,11,16-39,44-55,75H2,1-10H3,(H-,76,78,80,81,82). The predicted octanol–water partition coefficient (Wildman–Crippen LogP) is 3.11. The van der Waals surface area contributed by atoms with E-state index in [-0.39, 0.29) is 198 Å². The minimum atomic E-state index is -4.71. The van der Waals surface area contributed by atoms with Crippen LogP contribution in [0, 0.1) is 13.8 Å². The molecule has 0 fully saturated rings. The summed E-state index contributed by atoms with van der Waals surface area (Å²) in [7, 11) is 7.89. The zero-order valence-corrected chi connectivity index (χ0v) is 65.7. The van der Waals surface area contributed by atoms with Crippen LogP contribution in [0.3, 0.4) is 0 Å². The third-order valence-corrected chi connectivity index (χ3v) is 16.5. The highest BCUT2D eigenvalue weighted by Gasteiger charge is 2.31. The Kier molecular flexibility index (Phi) is 52.6. The molecule has 4 rings (SSSR count). The third kappa shape index (κ3) is 40.4. The van der Waals surface area contributed by atoms with E-state index in [4.69, 9.17) is 124 Å². The van der Waals surface area contributed by atoms with Gasteiger partial charge in [-0.3, -0.25) is 4.79 Å². The number of ether oxygens (including phenoxy) is 25. The first-order chi connectivity index (χ1) is 52.6. The lowest BCUT2D eigenvalue weighted by Crippen LogP contribution is -2.38. The Hall–Kier alpha value is -5.14. The second kappa shape index (κ2) is 59.6. The van der Waals surface area contributed by atoms with Crippen molar-refractivity contribution in [3.63, 3.8) is 0 Å². The largest absolute Gasteiger partial charge is 0.748 e. The predicted molar refractivity (Wildman–Crippen MR) is 394 cm³/mol. The molecule has 3 aromatic carbocycles. The number of fused-ring (bicyclic) bond motifs is 2. The highest BCUT2D eigenvalue weighted by molar-refractivity contribution is 7.85. The topological polar surface area (TPSA) is 364 Å². The van der Waals surface area contributed by atoms with Crippen molar-refractivity contribution in [3.05, 3.63) is 70.8 Å². The Bertz CT molecular complexity index is 2860. The summed E-state index contributed by atoms with van der Waals surface area (Å²) < 4.78 is 186. The van der Waals surface area contributed by atoms with E-state index in [9.17, 15) is 17.8 Å². The maximum atomic E-state index is 15.9. The Balaban J connectivity index is 2.03. The van der Waals surface area contributed by atoms with Crippen molar-refractivity contribution in [1.82, 2.24) is 5.32 Å². The van der Waals surface area contributed by atoms with Crippen LogP contribution in [0.2, 0.25) is 0 Å². The van der Waals surface area contributed by atoms with E-state index in [2.05, 4.69) is 5.32 Å². The molecule has 618 valence electrons. The van der Waals surface area contributed by atoms with E-state index in [1.807, 2.05) is 4.57 Å². The maximum absolute atomic E-state index is 15.9. The number of nitrogens with zero attached hydrogens (tertiary/aromatic N) is 1. The van der Waals surface area contributed by atoms with Crippen molar-refractivity contribution in [2.75, 3.05) is 287 Å². The van der Waals surface area contributed by atoms with Crippen LogP contribution in [0.15, 0.2) is 48.5 Å². The Morgan fingerprint density at radius 3 is 1.06 bits per heavy atom. The van der Waals surface area contributed by atoms with Gasteiger partial charge in [0.15, 0.2) is 6.54 Å². The number of carbonyl (C=O) groups excluding carboxylic acids is 2. The summed E-state index contributed by atoms with van der Waals surface area (Å²) in [5.41, 5.74) is 7.57. The zero-order chi connectivity index (χ0) is 78.3. The van der Waals surface area contributed by atoms with Crippen molar-refractivity contribution < 1.29 is 146 Å². The summed E-state index contributed by atoms with van der Waals surface area (Å²) in [5, 5.41) is 3.40. The van der Waals surface area contributed by atoms with Crippen molar-refractivity contribution >= 4 is 43.8 Å². The van der Waals surface area contributed by atoms with E-state index < -0.39 is 58.5 Å². The molecule has 4 aromatic rings. The highest BCUT2D eigenvalue weighted by Crippen LogP contribution is 2.34.